The van der Waals surface area contributed by atoms with Crippen molar-refractivity contribution in [3.05, 3.63) is 41.6 Å². The van der Waals surface area contributed by atoms with E-state index in [1.807, 2.05) is 35.8 Å². The van der Waals surface area contributed by atoms with E-state index in [1.54, 1.807) is 20.1 Å². The number of aliphatic hydroxyl groups is 1. The number of hydrogen-bond donors (Lipinski definition) is 1. The van der Waals surface area contributed by atoms with Crippen LogP contribution < -0.4 is 0 Å². The zero-order valence-electron chi connectivity index (χ0n) is 15.2. The number of fused-ring (bicyclic) bond motifs is 1. The van der Waals surface area contributed by atoms with Crippen molar-refractivity contribution in [1.82, 2.24) is 4.57 Å². The topological polar surface area (TPSA) is 69.9 Å². The smallest absolute Gasteiger partial charge is 0.330 e. The fourth-order valence-corrected chi connectivity index (χ4v) is 2.67. The molecule has 1 aromatic heterocycles. The molecule has 2 rings (SSSR count). The molecule has 0 fully saturated rings. The Bertz CT molecular complexity index is 841. The lowest BCUT2D eigenvalue weighted by molar-refractivity contribution is -0.137. The van der Waals surface area contributed by atoms with Crippen molar-refractivity contribution in [2.75, 3.05) is 20.3 Å². The molecule has 0 aliphatic rings. The van der Waals surface area contributed by atoms with Crippen LogP contribution >= 0.6 is 0 Å². The Morgan fingerprint density at radius 2 is 2.08 bits per heavy atom. The van der Waals surface area contributed by atoms with Gasteiger partial charge in [-0.05, 0) is 31.9 Å². The third-order valence-corrected chi connectivity index (χ3v) is 3.65. The minimum Gasteiger partial charge on any atom is -0.463 e. The van der Waals surface area contributed by atoms with Crippen LogP contribution in [0.25, 0.3) is 17.0 Å². The number of carbonyl (C=O) groups excluding carboxylic acids is 1. The maximum atomic E-state index is 11.7. The van der Waals surface area contributed by atoms with Gasteiger partial charge in [0, 0.05) is 24.1 Å². The minimum absolute atomic E-state index is 0.233. The van der Waals surface area contributed by atoms with Gasteiger partial charge >= 0.3 is 5.97 Å². The summed E-state index contributed by atoms with van der Waals surface area (Å²) in [5.41, 5.74) is 2.08. The van der Waals surface area contributed by atoms with Crippen LogP contribution in [0.5, 0.6) is 0 Å². The molecule has 1 heterocycles. The minimum atomic E-state index is -1.11. The van der Waals surface area contributed by atoms with Crippen LogP contribution in [0.4, 0.5) is 0 Å². The van der Waals surface area contributed by atoms with E-state index in [0.717, 1.165) is 10.9 Å². The number of methoxy groups -OCH3 is 1. The molecular formula is C20H23NO5. The summed E-state index contributed by atoms with van der Waals surface area (Å²) >= 11 is 0. The Hall–Kier alpha value is -2.75. The second kappa shape index (κ2) is 9.66. The van der Waals surface area contributed by atoms with Crippen LogP contribution in [0, 0.1) is 12.0 Å². The van der Waals surface area contributed by atoms with Crippen molar-refractivity contribution in [1.29, 1.82) is 0 Å². The first kappa shape index (κ1) is 19.6. The lowest BCUT2D eigenvalue weighted by Gasteiger charge is -2.12. The molecule has 1 unspecified atom stereocenters. The third-order valence-electron chi connectivity index (χ3n) is 3.65. The summed E-state index contributed by atoms with van der Waals surface area (Å²) in [5.74, 6) is 2.22. The van der Waals surface area contributed by atoms with Gasteiger partial charge in [-0.25, -0.2) is 4.79 Å². The highest BCUT2D eigenvalue weighted by Gasteiger charge is 2.20. The molecule has 0 amide bonds. The Morgan fingerprint density at radius 1 is 1.31 bits per heavy atom. The molecule has 6 heteroatoms. The second-order valence-electron chi connectivity index (χ2n) is 5.33. The summed E-state index contributed by atoms with van der Waals surface area (Å²) in [7, 11) is 1.57. The average Bonchev–Trinajstić information content (AvgIpc) is 2.94. The quantitative estimate of drug-likeness (QED) is 0.469. The van der Waals surface area contributed by atoms with Crippen molar-refractivity contribution in [3.63, 3.8) is 0 Å². The predicted molar refractivity (Wildman–Crippen MR) is 99.0 cm³/mol. The van der Waals surface area contributed by atoms with E-state index in [0.29, 0.717) is 24.5 Å². The van der Waals surface area contributed by atoms with Crippen LogP contribution in [0.2, 0.25) is 0 Å². The zero-order valence-corrected chi connectivity index (χ0v) is 15.2. The van der Waals surface area contributed by atoms with Crippen LogP contribution in [-0.2, 0) is 25.7 Å². The molecular weight excluding hydrogens is 334 g/mol. The summed E-state index contributed by atoms with van der Waals surface area (Å²) in [4.78, 5) is 11.7. The fourth-order valence-electron chi connectivity index (χ4n) is 2.67. The van der Waals surface area contributed by atoms with Gasteiger partial charge < -0.3 is 23.9 Å². The van der Waals surface area contributed by atoms with Gasteiger partial charge in [-0.1, -0.05) is 18.2 Å². The lowest BCUT2D eigenvalue weighted by atomic mass is 10.1. The Balaban J connectivity index is 2.61. The Kier molecular flexibility index (Phi) is 7.27. The number of benzene rings is 1. The van der Waals surface area contributed by atoms with E-state index in [-0.39, 0.29) is 6.73 Å². The maximum Gasteiger partial charge on any atom is 0.330 e. The molecule has 0 radical (unpaired) electrons. The summed E-state index contributed by atoms with van der Waals surface area (Å²) in [6.07, 6.45) is 4.36. The van der Waals surface area contributed by atoms with Gasteiger partial charge in [-0.15, -0.1) is 0 Å². The summed E-state index contributed by atoms with van der Waals surface area (Å²) in [6.45, 7) is 4.52. The van der Waals surface area contributed by atoms with Crippen molar-refractivity contribution in [2.45, 2.75) is 26.7 Å². The summed E-state index contributed by atoms with van der Waals surface area (Å²) in [6, 6.07) is 7.62. The molecule has 1 aromatic carbocycles. The van der Waals surface area contributed by atoms with E-state index in [2.05, 4.69) is 12.0 Å². The third kappa shape index (κ3) is 4.45. The van der Waals surface area contributed by atoms with Crippen LogP contribution in [0.1, 0.15) is 31.2 Å². The summed E-state index contributed by atoms with van der Waals surface area (Å²) < 4.78 is 17.1. The highest BCUT2D eigenvalue weighted by atomic mass is 16.5. The van der Waals surface area contributed by atoms with E-state index < -0.39 is 12.1 Å². The van der Waals surface area contributed by atoms with E-state index in [4.69, 9.17) is 14.2 Å². The molecule has 1 atom stereocenters. The van der Waals surface area contributed by atoms with Crippen LogP contribution in [-0.4, -0.2) is 36.0 Å². The van der Waals surface area contributed by atoms with Gasteiger partial charge in [0.1, 0.15) is 12.8 Å². The highest BCUT2D eigenvalue weighted by molar-refractivity contribution is 5.96. The molecule has 0 aliphatic carbocycles. The zero-order chi connectivity index (χ0) is 18.9. The number of aliphatic hydroxyl groups excluding tert-OH is 1. The molecule has 0 spiro atoms. The van der Waals surface area contributed by atoms with E-state index in [1.165, 1.54) is 6.08 Å². The average molecular weight is 357 g/mol. The standard InChI is InChI=1S/C20H23NO5/c1-4-25-13-12-18(22)20-16(10-11-19(23)26-5-2)15-8-6-7-9-17(15)21(20)14-24-3/h6-11,18,22H,4-5,14H2,1-3H3/b11-10+. The van der Waals surface area contributed by atoms with Gasteiger partial charge in [0.2, 0.25) is 0 Å². The normalized spacial score (nSPS) is 12.0. The number of nitrogens with zero attached hydrogens (tertiary/aromatic N) is 1. The number of aromatic nitrogens is 1. The predicted octanol–water partition coefficient (Wildman–Crippen LogP) is 2.85. The number of rotatable bonds is 7. The maximum absolute atomic E-state index is 11.7. The van der Waals surface area contributed by atoms with Crippen LogP contribution in [0.15, 0.2) is 30.3 Å². The molecule has 1 N–H and O–H groups in total. The van der Waals surface area contributed by atoms with E-state index in [9.17, 15) is 9.90 Å². The molecule has 6 nitrogen and oxygen atoms in total. The number of carbonyl (C=O) groups is 1. The molecule has 0 saturated heterocycles. The van der Waals surface area contributed by atoms with Gasteiger partial charge in [-0.2, -0.15) is 0 Å². The monoisotopic (exact) mass is 357 g/mol. The molecule has 0 aliphatic heterocycles. The van der Waals surface area contributed by atoms with E-state index >= 15 is 0 Å². The molecule has 2 aromatic rings. The SMILES string of the molecule is CCOC#CC(O)c1c(/C=C/C(=O)OCC)c2ccccc2n1COC. The highest BCUT2D eigenvalue weighted by Crippen LogP contribution is 2.31. The molecule has 0 saturated carbocycles. The molecule has 0 bridgehead atoms. The van der Waals surface area contributed by atoms with Crippen molar-refractivity contribution >= 4 is 22.9 Å². The summed E-state index contributed by atoms with van der Waals surface area (Å²) in [5, 5.41) is 11.5. The first-order valence-electron chi connectivity index (χ1n) is 8.39. The Morgan fingerprint density at radius 3 is 2.77 bits per heavy atom. The number of hydrogen-bond acceptors (Lipinski definition) is 5. The van der Waals surface area contributed by atoms with Crippen LogP contribution in [0.3, 0.4) is 0 Å². The first-order valence-corrected chi connectivity index (χ1v) is 8.39. The van der Waals surface area contributed by atoms with Crippen molar-refractivity contribution in [3.8, 4) is 12.0 Å². The van der Waals surface area contributed by atoms with Crippen molar-refractivity contribution in [2.24, 2.45) is 0 Å². The number of para-hydroxylation sites is 1. The molecule has 26 heavy (non-hydrogen) atoms. The fraction of sp³-hybridized carbons (Fsp3) is 0.350. The van der Waals surface area contributed by atoms with Gasteiger partial charge in [-0.3, -0.25) is 0 Å². The number of ether oxygens (including phenoxy) is 3. The lowest BCUT2D eigenvalue weighted by Crippen LogP contribution is -2.09. The van der Waals surface area contributed by atoms with Gasteiger partial charge in [0.05, 0.1) is 24.4 Å². The first-order chi connectivity index (χ1) is 12.6. The van der Waals surface area contributed by atoms with Gasteiger partial charge in [0.25, 0.3) is 0 Å². The van der Waals surface area contributed by atoms with Crippen molar-refractivity contribution < 1.29 is 24.1 Å². The largest absolute Gasteiger partial charge is 0.463 e. The Labute approximate surface area is 153 Å². The molecule has 138 valence electrons. The second-order valence-corrected chi connectivity index (χ2v) is 5.33. The number of esters is 1. The van der Waals surface area contributed by atoms with Gasteiger partial charge in [0.15, 0.2) is 6.10 Å².